The number of ether oxygens (including phenoxy) is 2. The lowest BCUT2D eigenvalue weighted by Crippen LogP contribution is -2.27. The first-order valence-electron chi connectivity index (χ1n) is 8.75. The van der Waals surface area contributed by atoms with Crippen LogP contribution in [0.2, 0.25) is 0 Å². The highest BCUT2D eigenvalue weighted by Crippen LogP contribution is 2.42. The summed E-state index contributed by atoms with van der Waals surface area (Å²) in [5, 5.41) is 11.1. The van der Waals surface area contributed by atoms with Gasteiger partial charge in [-0.1, -0.05) is 12.1 Å². The molecule has 1 saturated heterocycles. The summed E-state index contributed by atoms with van der Waals surface area (Å²) in [6, 6.07) is 10.1. The molecule has 1 fully saturated rings. The van der Waals surface area contributed by atoms with Crippen molar-refractivity contribution in [3.63, 3.8) is 0 Å². The number of rotatable bonds is 6. The number of imide groups is 1. The van der Waals surface area contributed by atoms with Crippen LogP contribution >= 0.6 is 34.4 Å². The zero-order valence-corrected chi connectivity index (χ0v) is 19.3. The highest BCUT2D eigenvalue weighted by molar-refractivity contribution is 14.1. The van der Waals surface area contributed by atoms with Crippen LogP contribution in [-0.4, -0.2) is 34.0 Å². The topological polar surface area (TPSA) is 116 Å². The molecule has 0 saturated carbocycles. The van der Waals surface area contributed by atoms with Crippen molar-refractivity contribution in [2.24, 2.45) is 0 Å². The van der Waals surface area contributed by atoms with Crippen LogP contribution in [0.4, 0.5) is 10.5 Å². The van der Waals surface area contributed by atoms with E-state index >= 15 is 0 Å². The predicted molar refractivity (Wildman–Crippen MR) is 122 cm³/mol. The fourth-order valence-electron chi connectivity index (χ4n) is 2.86. The molecule has 0 aromatic heterocycles. The molecule has 1 aliphatic rings. The van der Waals surface area contributed by atoms with E-state index in [2.05, 4.69) is 22.6 Å². The van der Waals surface area contributed by atoms with Crippen molar-refractivity contribution in [3.8, 4) is 11.5 Å². The van der Waals surface area contributed by atoms with Crippen LogP contribution in [0, 0.1) is 13.7 Å². The Kier molecular flexibility index (Phi) is 6.95. The van der Waals surface area contributed by atoms with Gasteiger partial charge in [-0.3, -0.25) is 29.4 Å². The van der Waals surface area contributed by atoms with E-state index in [0.717, 1.165) is 32.7 Å². The molecule has 0 bridgehead atoms. The summed E-state index contributed by atoms with van der Waals surface area (Å²) >= 11 is 2.89. The van der Waals surface area contributed by atoms with Crippen LogP contribution in [-0.2, 0) is 16.1 Å². The maximum absolute atomic E-state index is 12.8. The second kappa shape index (κ2) is 9.47. The van der Waals surface area contributed by atoms with E-state index < -0.39 is 27.7 Å². The third-order valence-corrected chi connectivity index (χ3v) is 5.81. The zero-order valence-electron chi connectivity index (χ0n) is 16.3. The molecule has 160 valence electrons. The number of halogens is 1. The molecule has 2 amide bonds. The van der Waals surface area contributed by atoms with Crippen LogP contribution in [0.5, 0.6) is 11.5 Å². The van der Waals surface area contributed by atoms with Gasteiger partial charge in [-0.15, -0.1) is 0 Å². The van der Waals surface area contributed by atoms with Crippen LogP contribution in [0.3, 0.4) is 0 Å². The van der Waals surface area contributed by atoms with Crippen LogP contribution in [0.25, 0.3) is 6.08 Å². The standard InChI is InChI=1S/C20H15IN2O7S/c1-11(24)30-15-8-5-13(18(29-2)17(15)23(27)28)9-16-19(25)22(20(26)31-16)10-12-3-6-14(21)7-4-12/h3-9H,10H2,1-2H3/b16-9-. The lowest BCUT2D eigenvalue weighted by atomic mass is 10.1. The lowest BCUT2D eigenvalue weighted by molar-refractivity contribution is -0.386. The Labute approximate surface area is 194 Å². The van der Waals surface area contributed by atoms with E-state index in [1.165, 1.54) is 25.3 Å². The van der Waals surface area contributed by atoms with Crippen molar-refractivity contribution in [1.29, 1.82) is 0 Å². The summed E-state index contributed by atoms with van der Waals surface area (Å²) < 4.78 is 11.1. The molecule has 31 heavy (non-hydrogen) atoms. The molecule has 2 aromatic rings. The first-order valence-corrected chi connectivity index (χ1v) is 10.6. The van der Waals surface area contributed by atoms with Gasteiger partial charge in [0.2, 0.25) is 11.5 Å². The molecule has 0 N–H and O–H groups in total. The van der Waals surface area contributed by atoms with Crippen molar-refractivity contribution < 1.29 is 28.8 Å². The summed E-state index contributed by atoms with van der Waals surface area (Å²) in [4.78, 5) is 48.4. The summed E-state index contributed by atoms with van der Waals surface area (Å²) in [5.41, 5.74) is 0.442. The number of nitro groups is 1. The number of carbonyl (C=O) groups excluding carboxylic acids is 3. The lowest BCUT2D eigenvalue weighted by Gasteiger charge is -2.12. The van der Waals surface area contributed by atoms with E-state index in [4.69, 9.17) is 9.47 Å². The number of carbonyl (C=O) groups is 3. The minimum atomic E-state index is -0.739. The van der Waals surface area contributed by atoms with E-state index in [0.29, 0.717) is 0 Å². The second-order valence-corrected chi connectivity index (χ2v) is 8.52. The van der Waals surface area contributed by atoms with Crippen LogP contribution < -0.4 is 9.47 Å². The molecule has 1 aliphatic heterocycles. The fraction of sp³-hybridized carbons (Fsp3) is 0.150. The van der Waals surface area contributed by atoms with Gasteiger partial charge in [0.1, 0.15) is 0 Å². The number of benzene rings is 2. The number of nitro benzene ring substituents is 1. The van der Waals surface area contributed by atoms with Gasteiger partial charge < -0.3 is 9.47 Å². The summed E-state index contributed by atoms with van der Waals surface area (Å²) in [5.74, 6) is -1.71. The molecule has 0 spiro atoms. The highest BCUT2D eigenvalue weighted by Gasteiger charge is 2.36. The van der Waals surface area contributed by atoms with E-state index in [1.807, 2.05) is 24.3 Å². The maximum atomic E-state index is 12.8. The molecule has 0 aliphatic carbocycles. The minimum Gasteiger partial charge on any atom is -0.490 e. The Morgan fingerprint density at radius 2 is 1.90 bits per heavy atom. The van der Waals surface area contributed by atoms with E-state index in [1.54, 1.807) is 0 Å². The number of hydrogen-bond donors (Lipinski definition) is 0. The van der Waals surface area contributed by atoms with Crippen molar-refractivity contribution >= 4 is 63.2 Å². The number of methoxy groups -OCH3 is 1. The van der Waals surface area contributed by atoms with Crippen molar-refractivity contribution in [2.45, 2.75) is 13.5 Å². The van der Waals surface area contributed by atoms with Gasteiger partial charge in [0.15, 0.2) is 0 Å². The highest BCUT2D eigenvalue weighted by atomic mass is 127. The van der Waals surface area contributed by atoms with Crippen molar-refractivity contribution in [3.05, 3.63) is 66.1 Å². The number of nitrogens with zero attached hydrogens (tertiary/aromatic N) is 2. The second-order valence-electron chi connectivity index (χ2n) is 6.28. The monoisotopic (exact) mass is 554 g/mol. The van der Waals surface area contributed by atoms with Gasteiger partial charge >= 0.3 is 11.7 Å². The Hall–Kier alpha value is -2.93. The molecule has 0 atom stereocenters. The average Bonchev–Trinajstić information content (AvgIpc) is 2.97. The predicted octanol–water partition coefficient (Wildman–Crippen LogP) is 4.37. The SMILES string of the molecule is COc1c(/C=C2\SC(=O)N(Cc3ccc(I)cc3)C2=O)ccc(OC(C)=O)c1[N+](=O)[O-]. The Morgan fingerprint density at radius 3 is 2.48 bits per heavy atom. The maximum Gasteiger partial charge on any atom is 0.353 e. The molecule has 11 heteroatoms. The minimum absolute atomic E-state index is 0.100. The molecule has 9 nitrogen and oxygen atoms in total. The third kappa shape index (κ3) is 5.05. The van der Waals surface area contributed by atoms with Gasteiger partial charge in [0.05, 0.1) is 23.5 Å². The van der Waals surface area contributed by atoms with Gasteiger partial charge in [-0.05, 0) is 70.3 Å². The van der Waals surface area contributed by atoms with E-state index in [-0.39, 0.29) is 28.5 Å². The summed E-state index contributed by atoms with van der Waals surface area (Å²) in [7, 11) is 1.22. The van der Waals surface area contributed by atoms with Crippen molar-refractivity contribution in [2.75, 3.05) is 7.11 Å². The van der Waals surface area contributed by atoms with Gasteiger partial charge in [0, 0.05) is 16.1 Å². The molecule has 3 rings (SSSR count). The molecular formula is C20H15IN2O7S. The van der Waals surface area contributed by atoms with Crippen LogP contribution in [0.15, 0.2) is 41.3 Å². The molecular weight excluding hydrogens is 539 g/mol. The first kappa shape index (κ1) is 22.7. The van der Waals surface area contributed by atoms with Gasteiger partial charge in [-0.25, -0.2) is 0 Å². The third-order valence-electron chi connectivity index (χ3n) is 4.18. The van der Waals surface area contributed by atoms with Gasteiger partial charge in [0.25, 0.3) is 11.1 Å². The Morgan fingerprint density at radius 1 is 1.23 bits per heavy atom. The normalized spacial score (nSPS) is 14.8. The number of esters is 1. The summed E-state index contributed by atoms with van der Waals surface area (Å²) in [6.45, 7) is 1.23. The number of hydrogen-bond acceptors (Lipinski definition) is 8. The molecule has 2 aromatic carbocycles. The van der Waals surface area contributed by atoms with Gasteiger partial charge in [-0.2, -0.15) is 0 Å². The summed E-state index contributed by atoms with van der Waals surface area (Å²) in [6.07, 6.45) is 1.35. The Bertz CT molecular complexity index is 1120. The smallest absolute Gasteiger partial charge is 0.353 e. The molecule has 0 unspecified atom stereocenters. The Balaban J connectivity index is 1.95. The first-order chi connectivity index (χ1) is 14.7. The van der Waals surface area contributed by atoms with Crippen LogP contribution in [0.1, 0.15) is 18.1 Å². The quantitative estimate of drug-likeness (QED) is 0.129. The number of amides is 2. The molecule has 0 radical (unpaired) electrons. The van der Waals surface area contributed by atoms with E-state index in [9.17, 15) is 24.5 Å². The number of thioether (sulfide) groups is 1. The fourth-order valence-corrected chi connectivity index (χ4v) is 4.05. The van der Waals surface area contributed by atoms with Crippen molar-refractivity contribution in [1.82, 2.24) is 4.90 Å². The average molecular weight is 554 g/mol. The zero-order chi connectivity index (χ0) is 22.7. The molecule has 1 heterocycles. The largest absolute Gasteiger partial charge is 0.490 e.